The smallest absolute Gasteiger partial charge is 0.341 e. The second-order valence-corrected chi connectivity index (χ2v) is 8.69. The van der Waals surface area contributed by atoms with Crippen LogP contribution in [0.3, 0.4) is 0 Å². The number of ether oxygens (including phenoxy) is 1. The summed E-state index contributed by atoms with van der Waals surface area (Å²) in [7, 11) is 0. The molecule has 1 N–H and O–H groups in total. The summed E-state index contributed by atoms with van der Waals surface area (Å²) in [6.07, 6.45) is 1.51. The van der Waals surface area contributed by atoms with Crippen molar-refractivity contribution in [3.8, 4) is 16.6 Å². The molecule has 9 heteroatoms. The fourth-order valence-corrected chi connectivity index (χ4v) is 5.22. The van der Waals surface area contributed by atoms with Crippen molar-refractivity contribution >= 4 is 56.3 Å². The molecule has 3 rings (SSSR count). The van der Waals surface area contributed by atoms with E-state index in [9.17, 15) is 14.9 Å². The van der Waals surface area contributed by atoms with Crippen LogP contribution < -0.4 is 5.32 Å². The fourth-order valence-electron chi connectivity index (χ4n) is 2.61. The number of ketones is 1. The number of nitrogens with one attached hydrogen (secondary N) is 1. The summed E-state index contributed by atoms with van der Waals surface area (Å²) in [4.78, 5) is 30.3. The predicted molar refractivity (Wildman–Crippen MR) is 118 cm³/mol. The highest BCUT2D eigenvalue weighted by molar-refractivity contribution is 7.18. The molecule has 0 amide bonds. The molecule has 0 aliphatic heterocycles. The SMILES string of the molecule is CCOC(=O)c1c(N/C=C(/C#N)c2nc(-c3cccs3)cs2)sc(C(C)=O)c1C. The molecule has 0 radical (unpaired) electrons. The molecule has 0 saturated heterocycles. The van der Waals surface area contributed by atoms with Gasteiger partial charge in [-0.3, -0.25) is 4.79 Å². The zero-order valence-corrected chi connectivity index (χ0v) is 18.4. The molecular weight excluding hydrogens is 426 g/mol. The molecule has 0 spiro atoms. The van der Waals surface area contributed by atoms with Gasteiger partial charge in [0.25, 0.3) is 0 Å². The quantitative estimate of drug-likeness (QED) is 0.290. The summed E-state index contributed by atoms with van der Waals surface area (Å²) in [6, 6.07) is 6.06. The topological polar surface area (TPSA) is 92.1 Å². The average Bonchev–Trinajstić information content (AvgIpc) is 3.42. The molecule has 0 fully saturated rings. The van der Waals surface area contributed by atoms with Crippen molar-refractivity contribution in [2.24, 2.45) is 0 Å². The Labute approximate surface area is 180 Å². The van der Waals surface area contributed by atoms with Gasteiger partial charge >= 0.3 is 5.97 Å². The third-order valence-corrected chi connectivity index (χ3v) is 7.01. The van der Waals surface area contributed by atoms with Crippen molar-refractivity contribution in [3.05, 3.63) is 50.1 Å². The zero-order chi connectivity index (χ0) is 21.0. The first-order valence-corrected chi connectivity index (χ1v) is 11.2. The van der Waals surface area contributed by atoms with E-state index in [0.29, 0.717) is 31.6 Å². The van der Waals surface area contributed by atoms with Gasteiger partial charge in [-0.05, 0) is 37.8 Å². The largest absolute Gasteiger partial charge is 0.462 e. The molecule has 0 unspecified atom stereocenters. The lowest BCUT2D eigenvalue weighted by Gasteiger charge is -2.05. The Kier molecular flexibility index (Phi) is 6.59. The minimum absolute atomic E-state index is 0.129. The van der Waals surface area contributed by atoms with Crippen LogP contribution in [0, 0.1) is 18.3 Å². The van der Waals surface area contributed by atoms with Gasteiger partial charge < -0.3 is 10.1 Å². The lowest BCUT2D eigenvalue weighted by atomic mass is 10.1. The first kappa shape index (κ1) is 20.9. The number of hydrogen-bond donors (Lipinski definition) is 1. The number of aromatic nitrogens is 1. The van der Waals surface area contributed by atoms with Crippen molar-refractivity contribution in [1.29, 1.82) is 5.26 Å². The average molecular weight is 444 g/mol. The number of carbonyl (C=O) groups excluding carboxylic acids is 2. The number of nitrogens with zero attached hydrogens (tertiary/aromatic N) is 2. The first-order valence-electron chi connectivity index (χ1n) is 8.64. The Bertz CT molecular complexity index is 1120. The summed E-state index contributed by atoms with van der Waals surface area (Å²) in [5.41, 5.74) is 2.04. The van der Waals surface area contributed by atoms with Gasteiger partial charge in [0.1, 0.15) is 21.7 Å². The number of thiazole rings is 1. The maximum absolute atomic E-state index is 12.4. The Morgan fingerprint density at radius 1 is 1.38 bits per heavy atom. The van der Waals surface area contributed by atoms with E-state index in [1.165, 1.54) is 35.8 Å². The number of rotatable bonds is 7. The van der Waals surface area contributed by atoms with Gasteiger partial charge in [0.05, 0.1) is 27.6 Å². The summed E-state index contributed by atoms with van der Waals surface area (Å²) in [5, 5.41) is 17.5. The Balaban J connectivity index is 1.93. The van der Waals surface area contributed by atoms with Gasteiger partial charge in [0, 0.05) is 11.6 Å². The van der Waals surface area contributed by atoms with Crippen molar-refractivity contribution in [2.45, 2.75) is 20.8 Å². The molecular formula is C20H17N3O3S3. The highest BCUT2D eigenvalue weighted by atomic mass is 32.1. The molecule has 0 atom stereocenters. The second-order valence-electron chi connectivity index (χ2n) is 5.87. The molecule has 0 aromatic carbocycles. The standard InChI is InChI=1S/C20H17N3O3S3/c1-4-26-20(25)16-11(2)17(12(3)24)29-19(16)22-9-13(8-21)18-23-14(10-28-18)15-6-5-7-27-15/h5-7,9-10,22H,4H2,1-3H3/b13-9-. The molecule has 0 saturated carbocycles. The van der Waals surface area contributed by atoms with E-state index < -0.39 is 5.97 Å². The van der Waals surface area contributed by atoms with Gasteiger partial charge in [0.2, 0.25) is 0 Å². The highest BCUT2D eigenvalue weighted by Gasteiger charge is 2.24. The number of thiophene rings is 2. The third kappa shape index (κ3) is 4.45. The van der Waals surface area contributed by atoms with Gasteiger partial charge in [-0.15, -0.1) is 34.0 Å². The molecule has 0 aliphatic rings. The van der Waals surface area contributed by atoms with E-state index in [1.807, 2.05) is 22.9 Å². The predicted octanol–water partition coefficient (Wildman–Crippen LogP) is 5.60. The number of allylic oxidation sites excluding steroid dienone is 1. The summed E-state index contributed by atoms with van der Waals surface area (Å²) in [5.74, 6) is -0.631. The minimum Gasteiger partial charge on any atom is -0.462 e. The number of carbonyl (C=O) groups is 2. The lowest BCUT2D eigenvalue weighted by Crippen LogP contribution is -2.08. The van der Waals surface area contributed by atoms with Crippen molar-refractivity contribution in [1.82, 2.24) is 4.98 Å². The fraction of sp³-hybridized carbons (Fsp3) is 0.200. The molecule has 3 aromatic heterocycles. The van der Waals surface area contributed by atoms with Crippen LogP contribution in [-0.2, 0) is 4.74 Å². The Morgan fingerprint density at radius 2 is 2.17 bits per heavy atom. The van der Waals surface area contributed by atoms with Crippen LogP contribution in [0.2, 0.25) is 0 Å². The number of nitriles is 1. The second kappa shape index (κ2) is 9.13. The Hall–Kier alpha value is -2.80. The van der Waals surface area contributed by atoms with Crippen molar-refractivity contribution in [3.63, 3.8) is 0 Å². The summed E-state index contributed by atoms with van der Waals surface area (Å²) < 4.78 is 5.13. The molecule has 0 aliphatic carbocycles. The molecule has 3 aromatic rings. The van der Waals surface area contributed by atoms with E-state index >= 15 is 0 Å². The van der Waals surface area contributed by atoms with Gasteiger partial charge in [-0.25, -0.2) is 9.78 Å². The first-order chi connectivity index (χ1) is 14.0. The minimum atomic E-state index is -0.502. The highest BCUT2D eigenvalue weighted by Crippen LogP contribution is 2.35. The normalized spacial score (nSPS) is 11.2. The molecule has 29 heavy (non-hydrogen) atoms. The molecule has 0 bridgehead atoms. The van der Waals surface area contributed by atoms with E-state index in [1.54, 1.807) is 25.2 Å². The van der Waals surface area contributed by atoms with Crippen LogP contribution in [0.4, 0.5) is 5.00 Å². The maximum Gasteiger partial charge on any atom is 0.341 e. The van der Waals surface area contributed by atoms with Crippen LogP contribution in [0.25, 0.3) is 16.1 Å². The summed E-state index contributed by atoms with van der Waals surface area (Å²) >= 11 is 4.12. The van der Waals surface area contributed by atoms with E-state index in [4.69, 9.17) is 4.74 Å². The number of esters is 1. The molecule has 6 nitrogen and oxygen atoms in total. The zero-order valence-electron chi connectivity index (χ0n) is 15.9. The van der Waals surface area contributed by atoms with Crippen molar-refractivity contribution in [2.75, 3.05) is 11.9 Å². The Morgan fingerprint density at radius 3 is 2.79 bits per heavy atom. The van der Waals surface area contributed by atoms with E-state index in [0.717, 1.165) is 10.6 Å². The molecule has 148 valence electrons. The van der Waals surface area contributed by atoms with Gasteiger partial charge in [-0.1, -0.05) is 6.07 Å². The number of Topliss-reactive ketones (excluding diaryl/α,β-unsaturated/α-hetero) is 1. The summed E-state index contributed by atoms with van der Waals surface area (Å²) in [6.45, 7) is 5.12. The number of hydrogen-bond acceptors (Lipinski definition) is 9. The van der Waals surface area contributed by atoms with Crippen LogP contribution >= 0.6 is 34.0 Å². The lowest BCUT2D eigenvalue weighted by molar-refractivity contribution is 0.0527. The van der Waals surface area contributed by atoms with Crippen LogP contribution in [0.1, 0.15) is 44.4 Å². The third-order valence-electron chi connectivity index (χ3n) is 3.92. The van der Waals surface area contributed by atoms with Gasteiger partial charge in [-0.2, -0.15) is 5.26 Å². The van der Waals surface area contributed by atoms with Crippen LogP contribution in [0.15, 0.2) is 29.1 Å². The monoisotopic (exact) mass is 443 g/mol. The van der Waals surface area contributed by atoms with E-state index in [2.05, 4.69) is 16.4 Å². The van der Waals surface area contributed by atoms with Crippen molar-refractivity contribution < 1.29 is 14.3 Å². The number of anilines is 1. The van der Waals surface area contributed by atoms with E-state index in [-0.39, 0.29) is 12.4 Å². The molecule has 3 heterocycles. The maximum atomic E-state index is 12.4. The van der Waals surface area contributed by atoms with Crippen LogP contribution in [0.5, 0.6) is 0 Å². The van der Waals surface area contributed by atoms with Gasteiger partial charge in [0.15, 0.2) is 5.78 Å². The van der Waals surface area contributed by atoms with Crippen LogP contribution in [-0.4, -0.2) is 23.3 Å².